The van der Waals surface area contributed by atoms with Crippen LogP contribution < -0.4 is 15.5 Å². The molecule has 0 bridgehead atoms. The lowest BCUT2D eigenvalue weighted by Gasteiger charge is -2.29. The number of rotatable bonds is 8. The Morgan fingerprint density at radius 2 is 1.85 bits per heavy atom. The van der Waals surface area contributed by atoms with Gasteiger partial charge in [-0.1, -0.05) is 12.1 Å². The van der Waals surface area contributed by atoms with E-state index in [1.165, 1.54) is 7.11 Å². The van der Waals surface area contributed by atoms with Crippen molar-refractivity contribution in [3.63, 3.8) is 0 Å². The third kappa shape index (κ3) is 5.44. The van der Waals surface area contributed by atoms with Crippen molar-refractivity contribution in [2.24, 2.45) is 0 Å². The molecule has 1 fully saturated rings. The first kappa shape index (κ1) is 28.0. The van der Waals surface area contributed by atoms with Crippen molar-refractivity contribution < 1.29 is 19.4 Å². The highest BCUT2D eigenvalue weighted by Gasteiger charge is 2.42. The fourth-order valence-electron chi connectivity index (χ4n) is 5.47. The lowest BCUT2D eigenvalue weighted by Crippen LogP contribution is -2.29. The number of aromatic carboxylic acids is 1. The van der Waals surface area contributed by atoms with Crippen LogP contribution in [0, 0.1) is 20.8 Å². The zero-order chi connectivity index (χ0) is 29.3. The molecule has 0 spiro atoms. The number of hydrogen-bond donors (Lipinski definition) is 3. The topological polar surface area (TPSA) is 109 Å². The van der Waals surface area contributed by atoms with E-state index >= 15 is 0 Å². The maximum atomic E-state index is 12.1. The number of thiocarbonyl (C=S) groups is 1. The molecule has 1 aliphatic rings. The molecule has 210 valence electrons. The van der Waals surface area contributed by atoms with E-state index in [1.54, 1.807) is 24.4 Å². The van der Waals surface area contributed by atoms with Crippen LogP contribution in [-0.2, 0) is 9.53 Å². The largest absolute Gasteiger partial charge is 0.478 e. The van der Waals surface area contributed by atoms with Gasteiger partial charge < -0.3 is 29.9 Å². The zero-order valence-electron chi connectivity index (χ0n) is 23.2. The number of amides is 1. The quantitative estimate of drug-likeness (QED) is 0.247. The number of aromatic nitrogens is 2. The summed E-state index contributed by atoms with van der Waals surface area (Å²) in [5.41, 5.74) is 7.24. The molecule has 2 unspecified atom stereocenters. The van der Waals surface area contributed by atoms with E-state index in [0.717, 1.165) is 39.6 Å². The molecule has 41 heavy (non-hydrogen) atoms. The van der Waals surface area contributed by atoms with E-state index < -0.39 is 5.97 Å². The third-order valence-electron chi connectivity index (χ3n) is 7.28. The first-order chi connectivity index (χ1) is 19.7. The van der Waals surface area contributed by atoms with Crippen molar-refractivity contribution in [2.75, 3.05) is 23.9 Å². The van der Waals surface area contributed by atoms with Crippen LogP contribution in [-0.4, -0.2) is 45.4 Å². The van der Waals surface area contributed by atoms with Gasteiger partial charge in [-0.3, -0.25) is 9.78 Å². The fraction of sp³-hybridized carbons (Fsp3) is 0.226. The Kier molecular flexibility index (Phi) is 7.87. The molecule has 5 rings (SSSR count). The number of ether oxygens (including phenoxy) is 1. The minimum absolute atomic E-state index is 0.0276. The third-order valence-corrected chi connectivity index (χ3v) is 7.59. The second-order valence-corrected chi connectivity index (χ2v) is 10.4. The molecule has 1 saturated heterocycles. The SMILES string of the molecule is COCC(=O)Nc1ccc(N2C(=S)NC(c3ccccn3)C2c2cc(C)n(-c3cccc(C(=O)O)c3)c2C)cc1C. The summed E-state index contributed by atoms with van der Waals surface area (Å²) in [5.74, 6) is -1.20. The zero-order valence-corrected chi connectivity index (χ0v) is 24.0. The smallest absolute Gasteiger partial charge is 0.335 e. The van der Waals surface area contributed by atoms with Crippen LogP contribution in [0.25, 0.3) is 5.69 Å². The summed E-state index contributed by atoms with van der Waals surface area (Å²) < 4.78 is 7.01. The number of nitrogens with one attached hydrogen (secondary N) is 2. The number of nitrogens with zero attached hydrogens (tertiary/aromatic N) is 3. The molecule has 4 aromatic rings. The van der Waals surface area contributed by atoms with Crippen LogP contribution >= 0.6 is 12.2 Å². The van der Waals surface area contributed by atoms with Gasteiger partial charge in [0.1, 0.15) is 6.61 Å². The molecule has 1 aliphatic heterocycles. The molecule has 3 heterocycles. The fourth-order valence-corrected chi connectivity index (χ4v) is 5.81. The maximum absolute atomic E-state index is 12.1. The van der Waals surface area contributed by atoms with Gasteiger partial charge in [0, 0.05) is 41.8 Å². The van der Waals surface area contributed by atoms with Gasteiger partial charge >= 0.3 is 5.97 Å². The summed E-state index contributed by atoms with van der Waals surface area (Å²) in [7, 11) is 1.48. The number of carboxylic acids is 1. The first-order valence-electron chi connectivity index (χ1n) is 13.1. The minimum Gasteiger partial charge on any atom is -0.478 e. The predicted molar refractivity (Wildman–Crippen MR) is 162 cm³/mol. The van der Waals surface area contributed by atoms with E-state index in [0.29, 0.717) is 10.8 Å². The van der Waals surface area contributed by atoms with Crippen LogP contribution in [0.4, 0.5) is 11.4 Å². The molecule has 2 aromatic heterocycles. The highest BCUT2D eigenvalue weighted by molar-refractivity contribution is 7.80. The number of carboxylic acid groups (broad SMARTS) is 1. The predicted octanol–water partition coefficient (Wildman–Crippen LogP) is 5.26. The Morgan fingerprint density at radius 3 is 2.54 bits per heavy atom. The Hall–Kier alpha value is -4.54. The summed E-state index contributed by atoms with van der Waals surface area (Å²) in [6.45, 7) is 5.95. The van der Waals surface area contributed by atoms with E-state index in [2.05, 4.69) is 31.2 Å². The average Bonchev–Trinajstić information content (AvgIpc) is 3.45. The van der Waals surface area contributed by atoms with Crippen molar-refractivity contribution in [3.05, 3.63) is 107 Å². The van der Waals surface area contributed by atoms with Crippen molar-refractivity contribution in [1.29, 1.82) is 0 Å². The standard InChI is InChI=1S/C31H31N5O4S/c1-18-14-23(11-12-25(18)33-27(37)17-40-4)36-29(28(34-31(36)41)26-10-5-6-13-32-26)24-15-19(2)35(20(24)3)22-9-7-8-21(16-22)30(38)39/h5-16,28-29H,17H2,1-4H3,(H,33,37)(H,34,41)(H,38,39). The molecule has 3 N–H and O–H groups in total. The van der Waals surface area contributed by atoms with Crippen molar-refractivity contribution in [2.45, 2.75) is 32.9 Å². The van der Waals surface area contributed by atoms with Gasteiger partial charge in [-0.15, -0.1) is 0 Å². The van der Waals surface area contributed by atoms with Crippen LogP contribution in [0.15, 0.2) is 72.9 Å². The molecule has 0 saturated carbocycles. The number of carbonyl (C=O) groups is 2. The molecule has 1 amide bonds. The summed E-state index contributed by atoms with van der Waals surface area (Å²) in [6.07, 6.45) is 1.77. The Morgan fingerprint density at radius 1 is 1.05 bits per heavy atom. The van der Waals surface area contributed by atoms with Gasteiger partial charge in [0.25, 0.3) is 0 Å². The molecule has 9 nitrogen and oxygen atoms in total. The van der Waals surface area contributed by atoms with Gasteiger partial charge in [0.15, 0.2) is 5.11 Å². The second-order valence-electron chi connectivity index (χ2n) is 9.99. The van der Waals surface area contributed by atoms with Crippen LogP contribution in [0.2, 0.25) is 0 Å². The number of hydrogen-bond acceptors (Lipinski definition) is 5. The van der Waals surface area contributed by atoms with Gasteiger partial charge in [-0.05, 0) is 98.7 Å². The first-order valence-corrected chi connectivity index (χ1v) is 13.5. The van der Waals surface area contributed by atoms with E-state index in [9.17, 15) is 14.7 Å². The Balaban J connectivity index is 1.61. The molecule has 10 heteroatoms. The number of aryl methyl sites for hydroxylation is 2. The van der Waals surface area contributed by atoms with E-state index in [-0.39, 0.29) is 30.2 Å². The lowest BCUT2D eigenvalue weighted by molar-refractivity contribution is -0.119. The number of anilines is 2. The normalized spacial score (nSPS) is 16.5. The van der Waals surface area contributed by atoms with Crippen molar-refractivity contribution in [3.8, 4) is 5.69 Å². The molecule has 0 radical (unpaired) electrons. The molecule has 2 aromatic carbocycles. The van der Waals surface area contributed by atoms with Gasteiger partial charge in [0.05, 0.1) is 23.3 Å². The Labute approximate surface area is 243 Å². The summed E-state index contributed by atoms with van der Waals surface area (Å²) in [5, 5.41) is 16.5. The van der Waals surface area contributed by atoms with E-state index in [1.807, 2.05) is 63.2 Å². The number of carbonyl (C=O) groups excluding carboxylic acids is 1. The number of benzene rings is 2. The van der Waals surface area contributed by atoms with Gasteiger partial charge in [0.2, 0.25) is 5.91 Å². The number of methoxy groups -OCH3 is 1. The van der Waals surface area contributed by atoms with Crippen LogP contribution in [0.3, 0.4) is 0 Å². The monoisotopic (exact) mass is 569 g/mol. The summed E-state index contributed by atoms with van der Waals surface area (Å²) in [6, 6.07) is 20.2. The van der Waals surface area contributed by atoms with Crippen LogP contribution in [0.1, 0.15) is 50.7 Å². The average molecular weight is 570 g/mol. The highest BCUT2D eigenvalue weighted by Crippen LogP contribution is 2.44. The van der Waals surface area contributed by atoms with E-state index in [4.69, 9.17) is 17.0 Å². The van der Waals surface area contributed by atoms with Crippen LogP contribution in [0.5, 0.6) is 0 Å². The molecular formula is C31H31N5O4S. The van der Waals surface area contributed by atoms with Crippen molar-refractivity contribution >= 4 is 40.6 Å². The molecule has 2 atom stereocenters. The van der Waals surface area contributed by atoms with Gasteiger partial charge in [-0.25, -0.2) is 4.79 Å². The highest BCUT2D eigenvalue weighted by atomic mass is 32.1. The molecule has 0 aliphatic carbocycles. The maximum Gasteiger partial charge on any atom is 0.335 e. The van der Waals surface area contributed by atoms with Crippen molar-refractivity contribution in [1.82, 2.24) is 14.9 Å². The summed E-state index contributed by atoms with van der Waals surface area (Å²) >= 11 is 5.91. The second kappa shape index (κ2) is 11.5. The lowest BCUT2D eigenvalue weighted by atomic mass is 9.96. The summed E-state index contributed by atoms with van der Waals surface area (Å²) in [4.78, 5) is 30.5. The van der Waals surface area contributed by atoms with Gasteiger partial charge in [-0.2, -0.15) is 0 Å². The Bertz CT molecular complexity index is 1630. The minimum atomic E-state index is -0.974. The molecular weight excluding hydrogens is 538 g/mol. The number of pyridine rings is 1.